The summed E-state index contributed by atoms with van der Waals surface area (Å²) in [6.07, 6.45) is 12.5. The molecule has 2 aliphatic carbocycles. The molecular formula is C19H16S. The normalized spacial score (nSPS) is 21.2. The minimum Gasteiger partial charge on any atom is -0.139 e. The van der Waals surface area contributed by atoms with Crippen molar-refractivity contribution in [2.24, 2.45) is 0 Å². The van der Waals surface area contributed by atoms with Crippen LogP contribution in [0.2, 0.25) is 0 Å². The predicted octanol–water partition coefficient (Wildman–Crippen LogP) is 5.76. The van der Waals surface area contributed by atoms with Gasteiger partial charge in [-0.1, -0.05) is 54.2 Å². The smallest absolute Gasteiger partial charge is 0.0370 e. The van der Waals surface area contributed by atoms with Crippen LogP contribution in [0.3, 0.4) is 0 Å². The third-order valence-electron chi connectivity index (χ3n) is 4.04. The molecule has 1 aromatic heterocycles. The molecule has 20 heavy (non-hydrogen) atoms. The van der Waals surface area contributed by atoms with E-state index >= 15 is 0 Å². The van der Waals surface area contributed by atoms with E-state index in [4.69, 9.17) is 0 Å². The van der Waals surface area contributed by atoms with Crippen LogP contribution in [0.4, 0.5) is 0 Å². The van der Waals surface area contributed by atoms with Gasteiger partial charge in [0.25, 0.3) is 0 Å². The summed E-state index contributed by atoms with van der Waals surface area (Å²) in [6.45, 7) is 2.23. The molecular weight excluding hydrogens is 260 g/mol. The Balaban J connectivity index is 1.85. The average molecular weight is 276 g/mol. The highest BCUT2D eigenvalue weighted by Crippen LogP contribution is 2.42. The first kappa shape index (κ1) is 11.9. The molecule has 0 N–H and O–H groups in total. The summed E-state index contributed by atoms with van der Waals surface area (Å²) in [4.78, 5) is 1.45. The molecule has 0 bridgehead atoms. The molecule has 0 aliphatic heterocycles. The summed E-state index contributed by atoms with van der Waals surface area (Å²) in [7, 11) is 0. The van der Waals surface area contributed by atoms with Gasteiger partial charge in [0.05, 0.1) is 0 Å². The van der Waals surface area contributed by atoms with E-state index < -0.39 is 0 Å². The van der Waals surface area contributed by atoms with Crippen molar-refractivity contribution in [3.63, 3.8) is 0 Å². The van der Waals surface area contributed by atoms with Crippen LogP contribution >= 0.6 is 11.3 Å². The van der Waals surface area contributed by atoms with Gasteiger partial charge in [-0.15, -0.1) is 11.3 Å². The second-order valence-electron chi connectivity index (χ2n) is 5.56. The van der Waals surface area contributed by atoms with Crippen LogP contribution in [-0.4, -0.2) is 0 Å². The van der Waals surface area contributed by atoms with Gasteiger partial charge in [-0.2, -0.15) is 0 Å². The van der Waals surface area contributed by atoms with E-state index in [1.54, 1.807) is 0 Å². The number of thiophene rings is 1. The van der Waals surface area contributed by atoms with Crippen molar-refractivity contribution >= 4 is 21.4 Å². The van der Waals surface area contributed by atoms with E-state index in [2.05, 4.69) is 67.6 Å². The van der Waals surface area contributed by atoms with Gasteiger partial charge in [-0.25, -0.2) is 0 Å². The molecule has 98 valence electrons. The highest BCUT2D eigenvalue weighted by molar-refractivity contribution is 7.19. The summed E-state index contributed by atoms with van der Waals surface area (Å²) in [5, 5.41) is 1.36. The largest absolute Gasteiger partial charge is 0.139 e. The zero-order chi connectivity index (χ0) is 13.5. The number of fused-ring (bicyclic) bond motifs is 1. The number of hydrogen-bond acceptors (Lipinski definition) is 1. The molecule has 2 aromatic rings. The highest BCUT2D eigenvalue weighted by Gasteiger charge is 2.22. The predicted molar refractivity (Wildman–Crippen MR) is 88.2 cm³/mol. The monoisotopic (exact) mass is 276 g/mol. The first-order valence-corrected chi connectivity index (χ1v) is 7.86. The number of rotatable bonds is 1. The molecule has 0 nitrogen and oxygen atoms in total. The summed E-state index contributed by atoms with van der Waals surface area (Å²) in [5.41, 5.74) is 4.44. The maximum atomic E-state index is 2.38. The second-order valence-corrected chi connectivity index (χ2v) is 6.67. The van der Waals surface area contributed by atoms with Crippen LogP contribution in [0.25, 0.3) is 10.1 Å². The van der Waals surface area contributed by atoms with Gasteiger partial charge < -0.3 is 0 Å². The highest BCUT2D eigenvalue weighted by atomic mass is 32.1. The van der Waals surface area contributed by atoms with Crippen molar-refractivity contribution in [3.05, 3.63) is 82.3 Å². The van der Waals surface area contributed by atoms with Crippen LogP contribution in [0.1, 0.15) is 24.1 Å². The van der Waals surface area contributed by atoms with Gasteiger partial charge in [-0.3, -0.25) is 0 Å². The van der Waals surface area contributed by atoms with Crippen LogP contribution < -0.4 is 0 Å². The zero-order valence-corrected chi connectivity index (χ0v) is 12.3. The number of allylic oxidation sites excluding steroid dienone is 8. The Bertz CT molecular complexity index is 763. The Morgan fingerprint density at radius 3 is 2.95 bits per heavy atom. The molecule has 0 amide bonds. The van der Waals surface area contributed by atoms with Crippen molar-refractivity contribution in [1.29, 1.82) is 0 Å². The quantitative estimate of drug-likeness (QED) is 0.621. The fraction of sp³-hybridized carbons (Fsp3) is 0.158. The maximum Gasteiger partial charge on any atom is 0.0370 e. The van der Waals surface area contributed by atoms with Crippen molar-refractivity contribution < 1.29 is 0 Å². The third-order valence-corrected chi connectivity index (χ3v) is 5.24. The van der Waals surface area contributed by atoms with E-state index in [-0.39, 0.29) is 0 Å². The Labute approximate surface area is 123 Å². The van der Waals surface area contributed by atoms with Crippen LogP contribution in [0, 0.1) is 0 Å². The number of hydrogen-bond donors (Lipinski definition) is 0. The zero-order valence-electron chi connectivity index (χ0n) is 11.5. The van der Waals surface area contributed by atoms with Gasteiger partial charge in [0.15, 0.2) is 0 Å². The van der Waals surface area contributed by atoms with Crippen LogP contribution in [0.15, 0.2) is 77.4 Å². The molecule has 1 aromatic carbocycles. The molecule has 0 fully saturated rings. The number of benzene rings is 1. The van der Waals surface area contributed by atoms with E-state index in [1.807, 2.05) is 11.3 Å². The van der Waals surface area contributed by atoms with E-state index in [9.17, 15) is 0 Å². The standard InChI is InChI=1S/C19H16S/c1-13-10-14-6-2-4-8-16(17(14)11-13)19-12-15-7-3-5-9-18(15)20-19/h2-9,11-12,16H,10H2,1H3. The van der Waals surface area contributed by atoms with Crippen molar-refractivity contribution in [1.82, 2.24) is 0 Å². The lowest BCUT2D eigenvalue weighted by Gasteiger charge is -2.11. The molecule has 1 unspecified atom stereocenters. The lowest BCUT2D eigenvalue weighted by atomic mass is 9.95. The fourth-order valence-electron chi connectivity index (χ4n) is 3.11. The van der Waals surface area contributed by atoms with E-state index in [0.717, 1.165) is 6.42 Å². The minimum atomic E-state index is 0.412. The van der Waals surface area contributed by atoms with Crippen LogP contribution in [-0.2, 0) is 0 Å². The second kappa shape index (κ2) is 4.60. The van der Waals surface area contributed by atoms with E-state index in [0.29, 0.717) is 5.92 Å². The molecule has 0 saturated heterocycles. The van der Waals surface area contributed by atoms with Gasteiger partial charge in [-0.05, 0) is 42.0 Å². The van der Waals surface area contributed by atoms with Gasteiger partial charge >= 0.3 is 0 Å². The summed E-state index contributed by atoms with van der Waals surface area (Å²) >= 11 is 1.92. The van der Waals surface area contributed by atoms with E-state index in [1.165, 1.54) is 31.7 Å². The lowest BCUT2D eigenvalue weighted by molar-refractivity contribution is 1.05. The van der Waals surface area contributed by atoms with Crippen molar-refractivity contribution in [2.45, 2.75) is 19.3 Å². The molecule has 0 saturated carbocycles. The maximum absolute atomic E-state index is 2.38. The average Bonchev–Trinajstić information content (AvgIpc) is 2.97. The fourth-order valence-corrected chi connectivity index (χ4v) is 4.27. The van der Waals surface area contributed by atoms with Gasteiger partial charge in [0.1, 0.15) is 0 Å². The lowest BCUT2D eigenvalue weighted by Crippen LogP contribution is -1.95. The molecule has 0 radical (unpaired) electrons. The molecule has 4 rings (SSSR count). The SMILES string of the molecule is CC1=CC2=C(C=CC=CC2c2cc3ccccc3s2)C1. The Morgan fingerprint density at radius 2 is 2.05 bits per heavy atom. The van der Waals surface area contributed by atoms with Gasteiger partial charge in [0.2, 0.25) is 0 Å². The third kappa shape index (κ3) is 1.90. The molecule has 2 aliphatic rings. The Morgan fingerprint density at radius 1 is 1.15 bits per heavy atom. The summed E-state index contributed by atoms with van der Waals surface area (Å²) < 4.78 is 1.38. The minimum absolute atomic E-state index is 0.412. The summed E-state index contributed by atoms with van der Waals surface area (Å²) in [5.74, 6) is 0.412. The Kier molecular flexibility index (Phi) is 2.75. The molecule has 0 spiro atoms. The first-order valence-electron chi connectivity index (χ1n) is 7.05. The molecule has 1 heterocycles. The van der Waals surface area contributed by atoms with Crippen LogP contribution in [0.5, 0.6) is 0 Å². The summed E-state index contributed by atoms with van der Waals surface area (Å²) in [6, 6.07) is 11.0. The molecule has 1 atom stereocenters. The van der Waals surface area contributed by atoms with Gasteiger partial charge in [0, 0.05) is 15.5 Å². The topological polar surface area (TPSA) is 0 Å². The first-order chi connectivity index (χ1) is 9.81. The van der Waals surface area contributed by atoms with Crippen molar-refractivity contribution in [2.75, 3.05) is 0 Å². The molecule has 1 heteroatoms. The van der Waals surface area contributed by atoms with Crippen molar-refractivity contribution in [3.8, 4) is 0 Å². The Hall–Kier alpha value is -1.86.